The van der Waals surface area contributed by atoms with E-state index in [4.69, 9.17) is 16.9 Å². The fourth-order valence-corrected chi connectivity index (χ4v) is 4.57. The van der Waals surface area contributed by atoms with E-state index in [0.717, 1.165) is 36.8 Å². The monoisotopic (exact) mass is 471 g/mol. The SMILES string of the molecule is N=C(N)c1ccc2cc(C(=O)N3CCC(CCN)CC3)n(Cc3ccc(C(F)(F)F)cc3)c2c1. The highest BCUT2D eigenvalue weighted by molar-refractivity contribution is 6.02. The number of amidine groups is 1. The molecular weight excluding hydrogens is 443 g/mol. The lowest BCUT2D eigenvalue weighted by atomic mass is 9.93. The number of carbonyl (C=O) groups excluding carboxylic acids is 1. The summed E-state index contributed by atoms with van der Waals surface area (Å²) in [5.41, 5.74) is 12.9. The number of nitrogens with zero attached hydrogens (tertiary/aromatic N) is 2. The van der Waals surface area contributed by atoms with Gasteiger partial charge in [0.05, 0.1) is 5.56 Å². The van der Waals surface area contributed by atoms with Gasteiger partial charge in [0.15, 0.2) is 0 Å². The summed E-state index contributed by atoms with van der Waals surface area (Å²) < 4.78 is 40.8. The van der Waals surface area contributed by atoms with Crippen LogP contribution in [-0.2, 0) is 12.7 Å². The van der Waals surface area contributed by atoms with Crippen LogP contribution >= 0.6 is 0 Å². The Hall–Kier alpha value is -3.33. The average Bonchev–Trinajstić information content (AvgIpc) is 3.16. The summed E-state index contributed by atoms with van der Waals surface area (Å²) in [7, 11) is 0. The van der Waals surface area contributed by atoms with Gasteiger partial charge < -0.3 is 20.9 Å². The fraction of sp³-hybridized carbons (Fsp3) is 0.360. The highest BCUT2D eigenvalue weighted by atomic mass is 19.4. The number of carbonyl (C=O) groups is 1. The minimum atomic E-state index is -4.41. The van der Waals surface area contributed by atoms with Crippen LogP contribution in [0, 0.1) is 11.3 Å². The summed E-state index contributed by atoms with van der Waals surface area (Å²) in [6.45, 7) is 2.14. The Morgan fingerprint density at radius 2 is 1.74 bits per heavy atom. The van der Waals surface area contributed by atoms with Crippen LogP contribution in [0.3, 0.4) is 0 Å². The van der Waals surface area contributed by atoms with Crippen molar-refractivity contribution in [1.82, 2.24) is 9.47 Å². The maximum Gasteiger partial charge on any atom is 0.416 e. The lowest BCUT2D eigenvalue weighted by molar-refractivity contribution is -0.137. The van der Waals surface area contributed by atoms with E-state index in [0.29, 0.717) is 47.9 Å². The maximum absolute atomic E-state index is 13.5. The Labute approximate surface area is 195 Å². The maximum atomic E-state index is 13.5. The number of halogens is 3. The lowest BCUT2D eigenvalue weighted by Crippen LogP contribution is -2.39. The first-order chi connectivity index (χ1) is 16.2. The van der Waals surface area contributed by atoms with Crippen LogP contribution in [0.15, 0.2) is 48.5 Å². The van der Waals surface area contributed by atoms with E-state index in [2.05, 4.69) is 0 Å². The molecule has 0 atom stereocenters. The molecule has 1 aliphatic rings. The molecule has 180 valence electrons. The van der Waals surface area contributed by atoms with Crippen molar-refractivity contribution >= 4 is 22.6 Å². The Morgan fingerprint density at radius 1 is 1.06 bits per heavy atom. The summed E-state index contributed by atoms with van der Waals surface area (Å²) in [5.74, 6) is 0.308. The molecule has 0 saturated carbocycles. The molecule has 0 unspecified atom stereocenters. The molecule has 1 aliphatic heterocycles. The predicted octanol–water partition coefficient (Wildman–Crippen LogP) is 4.19. The number of rotatable bonds is 6. The molecule has 9 heteroatoms. The molecule has 2 heterocycles. The molecule has 6 nitrogen and oxygen atoms in total. The number of hydrogen-bond donors (Lipinski definition) is 3. The molecule has 3 aromatic rings. The van der Waals surface area contributed by atoms with Crippen LogP contribution in [0.2, 0.25) is 0 Å². The lowest BCUT2D eigenvalue weighted by Gasteiger charge is -2.32. The standard InChI is InChI=1S/C25H28F3N5O/c26-25(27,28)20-5-1-17(2-6-20)15-33-21-14-19(23(30)31)4-3-18(21)13-22(33)24(34)32-11-8-16(7-10-29)9-12-32/h1-6,13-14,16H,7-12,15,29H2,(H3,30,31). The van der Waals surface area contributed by atoms with E-state index in [1.54, 1.807) is 28.8 Å². The van der Waals surface area contributed by atoms with Gasteiger partial charge in [-0.1, -0.05) is 24.3 Å². The molecule has 5 N–H and O–H groups in total. The topological polar surface area (TPSA) is 101 Å². The van der Waals surface area contributed by atoms with Crippen LogP contribution in [0.1, 0.15) is 46.4 Å². The third kappa shape index (κ3) is 4.94. The number of alkyl halides is 3. The molecule has 34 heavy (non-hydrogen) atoms. The van der Waals surface area contributed by atoms with Gasteiger partial charge >= 0.3 is 6.18 Å². The van der Waals surface area contributed by atoms with Crippen LogP contribution in [-0.4, -0.2) is 40.8 Å². The average molecular weight is 472 g/mol. The number of fused-ring (bicyclic) bond motifs is 1. The Bertz CT molecular complexity index is 1190. The van der Waals surface area contributed by atoms with Crippen molar-refractivity contribution in [3.8, 4) is 0 Å². The van der Waals surface area contributed by atoms with Crippen molar-refractivity contribution in [1.29, 1.82) is 5.41 Å². The molecule has 1 amide bonds. The van der Waals surface area contributed by atoms with Gasteiger partial charge in [-0.05, 0) is 61.6 Å². The summed E-state index contributed by atoms with van der Waals surface area (Å²) in [4.78, 5) is 15.3. The van der Waals surface area contributed by atoms with Crippen LogP contribution in [0.25, 0.3) is 10.9 Å². The first-order valence-electron chi connectivity index (χ1n) is 11.3. The van der Waals surface area contributed by atoms with Gasteiger partial charge in [-0.25, -0.2) is 0 Å². The molecule has 0 aliphatic carbocycles. The third-order valence-electron chi connectivity index (χ3n) is 6.53. The molecule has 1 saturated heterocycles. The zero-order chi connectivity index (χ0) is 24.5. The molecule has 2 aromatic carbocycles. The molecular formula is C25H28F3N5O. The Morgan fingerprint density at radius 3 is 2.32 bits per heavy atom. The van der Waals surface area contributed by atoms with Gasteiger partial charge in [0.1, 0.15) is 11.5 Å². The van der Waals surface area contributed by atoms with Crippen LogP contribution < -0.4 is 11.5 Å². The van der Waals surface area contributed by atoms with E-state index in [-0.39, 0.29) is 18.3 Å². The fourth-order valence-electron chi connectivity index (χ4n) is 4.57. The highest BCUT2D eigenvalue weighted by Crippen LogP contribution is 2.30. The van der Waals surface area contributed by atoms with E-state index < -0.39 is 11.7 Å². The Kier molecular flexibility index (Phi) is 6.65. The normalized spacial score (nSPS) is 15.1. The number of piperidine rings is 1. The van der Waals surface area contributed by atoms with Gasteiger partial charge in [0, 0.05) is 36.1 Å². The number of likely N-dealkylation sites (tertiary alicyclic amines) is 1. The van der Waals surface area contributed by atoms with Crippen molar-refractivity contribution in [2.75, 3.05) is 19.6 Å². The minimum absolute atomic E-state index is 0.0981. The molecule has 0 spiro atoms. The first kappa shape index (κ1) is 23.8. The Balaban J connectivity index is 1.69. The number of nitrogen functional groups attached to an aromatic ring is 1. The van der Waals surface area contributed by atoms with Gasteiger partial charge in [-0.3, -0.25) is 10.2 Å². The van der Waals surface area contributed by atoms with Gasteiger partial charge in [0.25, 0.3) is 5.91 Å². The highest BCUT2D eigenvalue weighted by Gasteiger charge is 2.30. The van der Waals surface area contributed by atoms with E-state index in [9.17, 15) is 18.0 Å². The second kappa shape index (κ2) is 9.50. The quantitative estimate of drug-likeness (QED) is 0.371. The zero-order valence-electron chi connectivity index (χ0n) is 18.7. The van der Waals surface area contributed by atoms with E-state index >= 15 is 0 Å². The molecule has 0 radical (unpaired) electrons. The van der Waals surface area contributed by atoms with Crippen LogP contribution in [0.5, 0.6) is 0 Å². The van der Waals surface area contributed by atoms with Crippen molar-refractivity contribution in [3.63, 3.8) is 0 Å². The zero-order valence-corrected chi connectivity index (χ0v) is 18.7. The van der Waals surface area contributed by atoms with Crippen molar-refractivity contribution in [2.24, 2.45) is 17.4 Å². The number of benzene rings is 2. The number of aromatic nitrogens is 1. The van der Waals surface area contributed by atoms with Gasteiger partial charge in [0.2, 0.25) is 0 Å². The third-order valence-corrected chi connectivity index (χ3v) is 6.53. The molecule has 0 bridgehead atoms. The second-order valence-corrected chi connectivity index (χ2v) is 8.81. The van der Waals surface area contributed by atoms with E-state index in [1.165, 1.54) is 12.1 Å². The van der Waals surface area contributed by atoms with E-state index in [1.807, 2.05) is 4.90 Å². The summed E-state index contributed by atoms with van der Waals surface area (Å²) in [6.07, 6.45) is -1.66. The van der Waals surface area contributed by atoms with Crippen LogP contribution in [0.4, 0.5) is 13.2 Å². The number of nitrogens with one attached hydrogen (secondary N) is 1. The van der Waals surface area contributed by atoms with Gasteiger partial charge in [-0.2, -0.15) is 13.2 Å². The van der Waals surface area contributed by atoms with Crippen molar-refractivity contribution in [3.05, 3.63) is 70.9 Å². The summed E-state index contributed by atoms with van der Waals surface area (Å²) in [5, 5.41) is 8.57. The number of nitrogens with two attached hydrogens (primary N) is 2. The first-order valence-corrected chi connectivity index (χ1v) is 11.3. The second-order valence-electron chi connectivity index (χ2n) is 8.81. The number of amides is 1. The summed E-state index contributed by atoms with van der Waals surface area (Å²) in [6, 6.07) is 12.0. The molecule has 1 fully saturated rings. The summed E-state index contributed by atoms with van der Waals surface area (Å²) >= 11 is 0. The van der Waals surface area contributed by atoms with Crippen molar-refractivity contribution < 1.29 is 18.0 Å². The predicted molar refractivity (Wildman–Crippen MR) is 126 cm³/mol. The molecule has 4 rings (SSSR count). The van der Waals surface area contributed by atoms with Crippen molar-refractivity contribution in [2.45, 2.75) is 32.0 Å². The number of hydrogen-bond acceptors (Lipinski definition) is 3. The smallest absolute Gasteiger partial charge is 0.384 e. The minimum Gasteiger partial charge on any atom is -0.384 e. The molecule has 1 aromatic heterocycles. The largest absolute Gasteiger partial charge is 0.416 e. The van der Waals surface area contributed by atoms with Gasteiger partial charge in [-0.15, -0.1) is 0 Å².